The molecule has 2 aromatic carbocycles. The third-order valence-corrected chi connectivity index (χ3v) is 3.84. The molecule has 0 unspecified atom stereocenters. The summed E-state index contributed by atoms with van der Waals surface area (Å²) < 4.78 is 0. The summed E-state index contributed by atoms with van der Waals surface area (Å²) in [5, 5.41) is 14.3. The molecule has 116 valence electrons. The van der Waals surface area contributed by atoms with Gasteiger partial charge >= 0.3 is 6.03 Å². The molecule has 0 saturated heterocycles. The van der Waals surface area contributed by atoms with Crippen LogP contribution in [0.5, 0.6) is 0 Å². The zero-order chi connectivity index (χ0) is 16.2. The Balaban J connectivity index is 2.61. The van der Waals surface area contributed by atoms with Gasteiger partial charge in [0.1, 0.15) is 5.60 Å². The van der Waals surface area contributed by atoms with Gasteiger partial charge in [-0.1, -0.05) is 74.5 Å². The number of carbonyl (C=O) groups is 1. The molecule has 2 rings (SSSR count). The summed E-state index contributed by atoms with van der Waals surface area (Å²) in [6.45, 7) is 3.88. The van der Waals surface area contributed by atoms with Gasteiger partial charge in [0.05, 0.1) is 6.04 Å². The minimum absolute atomic E-state index is 0.0158. The van der Waals surface area contributed by atoms with E-state index >= 15 is 0 Å². The first kappa shape index (κ1) is 16.0. The Labute approximate surface area is 131 Å². The second-order valence-electron chi connectivity index (χ2n) is 5.73. The SMILES string of the molecule is CC(C)[C@H](NC(N)=O)C(O)(c1ccccc1)c1ccccc1. The Bertz CT molecular complexity index is 572. The van der Waals surface area contributed by atoms with E-state index in [1.165, 1.54) is 0 Å². The first-order valence-corrected chi connectivity index (χ1v) is 7.35. The van der Waals surface area contributed by atoms with Crippen LogP contribution in [0.2, 0.25) is 0 Å². The molecule has 0 aliphatic heterocycles. The lowest BCUT2D eigenvalue weighted by molar-refractivity contribution is 0.0240. The number of aliphatic hydroxyl groups is 1. The van der Waals surface area contributed by atoms with Crippen LogP contribution in [0.4, 0.5) is 4.79 Å². The molecule has 0 fully saturated rings. The fourth-order valence-corrected chi connectivity index (χ4v) is 2.82. The maximum atomic E-state index is 11.6. The quantitative estimate of drug-likeness (QED) is 0.793. The number of carbonyl (C=O) groups excluding carboxylic acids is 1. The molecular formula is C18H22N2O2. The standard InChI is InChI=1S/C18H22N2O2/c1-13(2)16(20-17(19)21)18(22,14-9-5-3-6-10-14)15-11-7-4-8-12-15/h3-13,16,22H,1-2H3,(H3,19,20,21)/t16-/m0/s1. The van der Waals surface area contributed by atoms with Crippen LogP contribution in [0, 0.1) is 5.92 Å². The van der Waals surface area contributed by atoms with Gasteiger partial charge < -0.3 is 16.2 Å². The minimum Gasteiger partial charge on any atom is -0.378 e. The minimum atomic E-state index is -1.36. The summed E-state index contributed by atoms with van der Waals surface area (Å²) in [5.74, 6) is -0.0158. The summed E-state index contributed by atoms with van der Waals surface area (Å²) in [6.07, 6.45) is 0. The highest BCUT2D eigenvalue weighted by atomic mass is 16.3. The van der Waals surface area contributed by atoms with Crippen molar-refractivity contribution in [1.29, 1.82) is 0 Å². The van der Waals surface area contributed by atoms with Crippen molar-refractivity contribution in [1.82, 2.24) is 5.32 Å². The maximum absolute atomic E-state index is 11.6. The number of primary amides is 1. The van der Waals surface area contributed by atoms with Gasteiger partial charge in [-0.2, -0.15) is 0 Å². The van der Waals surface area contributed by atoms with Crippen molar-refractivity contribution in [3.63, 3.8) is 0 Å². The van der Waals surface area contributed by atoms with Crippen molar-refractivity contribution in [2.75, 3.05) is 0 Å². The number of nitrogens with two attached hydrogens (primary N) is 1. The molecule has 0 bridgehead atoms. The van der Waals surface area contributed by atoms with Crippen LogP contribution in [-0.2, 0) is 5.60 Å². The molecular weight excluding hydrogens is 276 g/mol. The molecule has 22 heavy (non-hydrogen) atoms. The zero-order valence-electron chi connectivity index (χ0n) is 12.9. The van der Waals surface area contributed by atoms with E-state index in [0.29, 0.717) is 11.1 Å². The highest BCUT2D eigenvalue weighted by molar-refractivity contribution is 5.72. The Morgan fingerprint density at radius 3 is 1.73 bits per heavy atom. The van der Waals surface area contributed by atoms with Crippen LogP contribution in [0.15, 0.2) is 60.7 Å². The number of benzene rings is 2. The first-order valence-electron chi connectivity index (χ1n) is 7.35. The van der Waals surface area contributed by atoms with Gasteiger partial charge in [0.2, 0.25) is 0 Å². The lowest BCUT2D eigenvalue weighted by atomic mass is 9.76. The molecule has 0 aliphatic rings. The zero-order valence-corrected chi connectivity index (χ0v) is 12.9. The van der Waals surface area contributed by atoms with E-state index in [2.05, 4.69) is 5.32 Å². The van der Waals surface area contributed by atoms with Crippen molar-refractivity contribution in [2.45, 2.75) is 25.5 Å². The van der Waals surface area contributed by atoms with Crippen molar-refractivity contribution in [2.24, 2.45) is 11.7 Å². The largest absolute Gasteiger partial charge is 0.378 e. The third kappa shape index (κ3) is 3.12. The van der Waals surface area contributed by atoms with Gasteiger partial charge in [-0.05, 0) is 17.0 Å². The molecule has 0 saturated carbocycles. The van der Waals surface area contributed by atoms with Gasteiger partial charge in [-0.3, -0.25) is 0 Å². The highest BCUT2D eigenvalue weighted by Crippen LogP contribution is 2.35. The topological polar surface area (TPSA) is 75.3 Å². The first-order chi connectivity index (χ1) is 10.5. The van der Waals surface area contributed by atoms with Crippen LogP contribution < -0.4 is 11.1 Å². The number of hydrogen-bond donors (Lipinski definition) is 3. The number of hydrogen-bond acceptors (Lipinski definition) is 2. The van der Waals surface area contributed by atoms with Gasteiger partial charge in [-0.25, -0.2) is 4.79 Å². The van der Waals surface area contributed by atoms with E-state index in [0.717, 1.165) is 0 Å². The summed E-state index contributed by atoms with van der Waals surface area (Å²) in [4.78, 5) is 11.4. The van der Waals surface area contributed by atoms with Crippen molar-refractivity contribution < 1.29 is 9.90 Å². The number of rotatable bonds is 5. The lowest BCUT2D eigenvalue weighted by Crippen LogP contribution is -2.55. The fraction of sp³-hybridized carbons (Fsp3) is 0.278. The van der Waals surface area contributed by atoms with Crippen LogP contribution in [0.25, 0.3) is 0 Å². The highest BCUT2D eigenvalue weighted by Gasteiger charge is 2.42. The predicted octanol–water partition coefficient (Wildman–Crippen LogP) is 2.62. The van der Waals surface area contributed by atoms with E-state index in [1.807, 2.05) is 74.5 Å². The second-order valence-corrected chi connectivity index (χ2v) is 5.73. The van der Waals surface area contributed by atoms with Crippen LogP contribution in [0.3, 0.4) is 0 Å². The maximum Gasteiger partial charge on any atom is 0.312 e. The van der Waals surface area contributed by atoms with Crippen molar-refractivity contribution >= 4 is 6.03 Å². The van der Waals surface area contributed by atoms with E-state index in [-0.39, 0.29) is 5.92 Å². The van der Waals surface area contributed by atoms with E-state index in [1.54, 1.807) is 0 Å². The van der Waals surface area contributed by atoms with Crippen molar-refractivity contribution in [3.05, 3.63) is 71.8 Å². The van der Waals surface area contributed by atoms with Gasteiger partial charge in [0, 0.05) is 0 Å². The average Bonchev–Trinajstić information content (AvgIpc) is 2.53. The Hall–Kier alpha value is -2.33. The van der Waals surface area contributed by atoms with E-state index < -0.39 is 17.7 Å². The molecule has 1 atom stereocenters. The van der Waals surface area contributed by atoms with Crippen LogP contribution >= 0.6 is 0 Å². The molecule has 0 spiro atoms. The van der Waals surface area contributed by atoms with E-state index in [9.17, 15) is 9.90 Å². The van der Waals surface area contributed by atoms with Gasteiger partial charge in [-0.15, -0.1) is 0 Å². The predicted molar refractivity (Wildman–Crippen MR) is 87.2 cm³/mol. The number of urea groups is 1. The molecule has 0 aliphatic carbocycles. The summed E-state index contributed by atoms with van der Waals surface area (Å²) >= 11 is 0. The van der Waals surface area contributed by atoms with Crippen LogP contribution in [-0.4, -0.2) is 17.2 Å². The lowest BCUT2D eigenvalue weighted by Gasteiger charge is -2.39. The summed E-state index contributed by atoms with van der Waals surface area (Å²) in [5.41, 5.74) is 5.40. The molecule has 0 aromatic heterocycles. The average molecular weight is 298 g/mol. The van der Waals surface area contributed by atoms with Gasteiger partial charge in [0.25, 0.3) is 0 Å². The molecule has 2 aromatic rings. The molecule has 4 N–H and O–H groups in total. The molecule has 4 heteroatoms. The smallest absolute Gasteiger partial charge is 0.312 e. The summed E-state index contributed by atoms with van der Waals surface area (Å²) in [6, 6.07) is 17.5. The number of nitrogens with one attached hydrogen (secondary N) is 1. The molecule has 2 amide bonds. The van der Waals surface area contributed by atoms with E-state index in [4.69, 9.17) is 5.73 Å². The summed E-state index contributed by atoms with van der Waals surface area (Å²) in [7, 11) is 0. The Kier molecular flexibility index (Phi) is 4.83. The monoisotopic (exact) mass is 298 g/mol. The second kappa shape index (κ2) is 6.62. The third-order valence-electron chi connectivity index (χ3n) is 3.84. The van der Waals surface area contributed by atoms with Gasteiger partial charge in [0.15, 0.2) is 0 Å². The Morgan fingerprint density at radius 2 is 1.41 bits per heavy atom. The molecule has 0 radical (unpaired) electrons. The molecule has 0 heterocycles. The fourth-order valence-electron chi connectivity index (χ4n) is 2.82. The van der Waals surface area contributed by atoms with Crippen molar-refractivity contribution in [3.8, 4) is 0 Å². The Morgan fingerprint density at radius 1 is 1.00 bits per heavy atom. The normalized spacial score (nSPS) is 12.9. The van der Waals surface area contributed by atoms with Crippen LogP contribution in [0.1, 0.15) is 25.0 Å². The molecule has 4 nitrogen and oxygen atoms in total. The number of amides is 2.